The fourth-order valence-corrected chi connectivity index (χ4v) is 4.48. The maximum Gasteiger partial charge on any atom is 0.155 e. The minimum Gasteiger partial charge on any atom is -0.339 e. The Morgan fingerprint density at radius 2 is 1.88 bits per heavy atom. The standard InChI is InChI=1S/C25H23N7.2H2/c1-16-5-4-8-21(29-16)25-24(19-9-10-23-27-15-28-32(23)14-19)30-22(31-25)13-26-20-11-17-6-2-3-7-18(17)12-20;;/h2-10,14-15,20,26H,11-13H2,1H3,(H,30,31);2*1H. The second-order valence-corrected chi connectivity index (χ2v) is 8.31. The summed E-state index contributed by atoms with van der Waals surface area (Å²) in [6.45, 7) is 2.67. The molecule has 0 fully saturated rings. The van der Waals surface area contributed by atoms with Gasteiger partial charge >= 0.3 is 0 Å². The topological polar surface area (TPSA) is 83.8 Å². The minimum atomic E-state index is 0. The highest BCUT2D eigenvalue weighted by molar-refractivity contribution is 5.77. The number of rotatable bonds is 5. The van der Waals surface area contributed by atoms with E-state index in [1.54, 1.807) is 10.8 Å². The fourth-order valence-electron chi connectivity index (χ4n) is 4.48. The first-order valence-corrected chi connectivity index (χ1v) is 10.9. The summed E-state index contributed by atoms with van der Waals surface area (Å²) in [7, 11) is 0. The zero-order valence-electron chi connectivity index (χ0n) is 17.8. The third kappa shape index (κ3) is 3.46. The second-order valence-electron chi connectivity index (χ2n) is 8.31. The number of H-pyrrole nitrogens is 1. The van der Waals surface area contributed by atoms with Crippen molar-refractivity contribution in [3.8, 4) is 22.6 Å². The molecule has 0 radical (unpaired) electrons. The van der Waals surface area contributed by atoms with Crippen LogP contribution in [0.5, 0.6) is 0 Å². The summed E-state index contributed by atoms with van der Waals surface area (Å²) in [5.74, 6) is 0.896. The lowest BCUT2D eigenvalue weighted by Gasteiger charge is -2.10. The molecular formula is C25H27N7. The van der Waals surface area contributed by atoms with Gasteiger partial charge in [0.25, 0.3) is 0 Å². The maximum atomic E-state index is 4.97. The van der Waals surface area contributed by atoms with Crippen molar-refractivity contribution in [3.63, 3.8) is 0 Å². The van der Waals surface area contributed by atoms with E-state index in [0.717, 1.165) is 52.7 Å². The summed E-state index contributed by atoms with van der Waals surface area (Å²) in [6.07, 6.45) is 5.63. The molecule has 1 aromatic carbocycles. The van der Waals surface area contributed by atoms with E-state index in [-0.39, 0.29) is 2.85 Å². The fraction of sp³-hybridized carbons (Fsp3) is 0.200. The Balaban J connectivity index is 0.00000137. The van der Waals surface area contributed by atoms with Gasteiger partial charge in [0.15, 0.2) is 5.65 Å². The predicted octanol–water partition coefficient (Wildman–Crippen LogP) is 4.24. The number of aromatic amines is 1. The van der Waals surface area contributed by atoms with Crippen molar-refractivity contribution in [2.45, 2.75) is 32.4 Å². The van der Waals surface area contributed by atoms with Crippen molar-refractivity contribution in [1.82, 2.24) is 34.9 Å². The lowest BCUT2D eigenvalue weighted by molar-refractivity contribution is 0.523. The van der Waals surface area contributed by atoms with Crippen molar-refractivity contribution in [1.29, 1.82) is 0 Å². The number of hydrogen-bond acceptors (Lipinski definition) is 5. The molecule has 0 amide bonds. The van der Waals surface area contributed by atoms with Crippen LogP contribution < -0.4 is 5.32 Å². The molecule has 0 aliphatic heterocycles. The first-order valence-electron chi connectivity index (χ1n) is 10.9. The van der Waals surface area contributed by atoms with E-state index in [9.17, 15) is 0 Å². The van der Waals surface area contributed by atoms with Crippen LogP contribution >= 0.6 is 0 Å². The smallest absolute Gasteiger partial charge is 0.155 e. The molecule has 1 aliphatic carbocycles. The van der Waals surface area contributed by atoms with Crippen LogP contribution in [0, 0.1) is 6.92 Å². The number of hydrogen-bond donors (Lipinski definition) is 2. The molecule has 162 valence electrons. The van der Waals surface area contributed by atoms with Gasteiger partial charge in [-0.1, -0.05) is 30.3 Å². The van der Waals surface area contributed by atoms with Gasteiger partial charge in [-0.3, -0.25) is 4.98 Å². The van der Waals surface area contributed by atoms with Crippen LogP contribution in [0.4, 0.5) is 0 Å². The first-order chi connectivity index (χ1) is 15.7. The summed E-state index contributed by atoms with van der Waals surface area (Å²) < 4.78 is 1.77. The van der Waals surface area contributed by atoms with Crippen molar-refractivity contribution < 1.29 is 2.85 Å². The molecule has 7 nitrogen and oxygen atoms in total. The Morgan fingerprint density at radius 3 is 2.69 bits per heavy atom. The molecule has 7 heteroatoms. The largest absolute Gasteiger partial charge is 0.339 e. The van der Waals surface area contributed by atoms with Gasteiger partial charge in [0, 0.05) is 26.3 Å². The summed E-state index contributed by atoms with van der Waals surface area (Å²) >= 11 is 0. The third-order valence-corrected chi connectivity index (χ3v) is 6.05. The van der Waals surface area contributed by atoms with Crippen LogP contribution in [0.3, 0.4) is 0 Å². The zero-order chi connectivity index (χ0) is 21.5. The number of aryl methyl sites for hydroxylation is 1. The molecule has 4 aromatic heterocycles. The van der Waals surface area contributed by atoms with Crippen LogP contribution in [0.2, 0.25) is 0 Å². The number of benzene rings is 1. The van der Waals surface area contributed by atoms with Gasteiger partial charge in [0.1, 0.15) is 12.2 Å². The van der Waals surface area contributed by atoms with Crippen molar-refractivity contribution in [3.05, 3.63) is 89.8 Å². The van der Waals surface area contributed by atoms with Gasteiger partial charge in [0.2, 0.25) is 0 Å². The highest BCUT2D eigenvalue weighted by atomic mass is 15.3. The quantitative estimate of drug-likeness (QED) is 0.440. The van der Waals surface area contributed by atoms with Crippen LogP contribution in [0.15, 0.2) is 67.1 Å². The number of imidazole rings is 1. The van der Waals surface area contributed by atoms with Gasteiger partial charge in [0.05, 0.1) is 23.6 Å². The highest BCUT2D eigenvalue weighted by Crippen LogP contribution is 2.30. The summed E-state index contributed by atoms with van der Waals surface area (Å²) in [4.78, 5) is 17.5. The first kappa shape index (κ1) is 18.9. The molecule has 4 heterocycles. The molecule has 6 rings (SSSR count). The normalized spacial score (nSPS) is 13.7. The van der Waals surface area contributed by atoms with Crippen molar-refractivity contribution in [2.24, 2.45) is 0 Å². The summed E-state index contributed by atoms with van der Waals surface area (Å²) in [5.41, 5.74) is 8.29. The predicted molar refractivity (Wildman–Crippen MR) is 127 cm³/mol. The van der Waals surface area contributed by atoms with Crippen molar-refractivity contribution >= 4 is 5.65 Å². The van der Waals surface area contributed by atoms with Gasteiger partial charge in [-0.05, 0) is 55.2 Å². The molecule has 0 spiro atoms. The van der Waals surface area contributed by atoms with E-state index in [4.69, 9.17) is 9.97 Å². The van der Waals surface area contributed by atoms with E-state index >= 15 is 0 Å². The van der Waals surface area contributed by atoms with Gasteiger partial charge in [-0.2, -0.15) is 5.10 Å². The van der Waals surface area contributed by atoms with Crippen LogP contribution in [-0.4, -0.2) is 35.6 Å². The highest BCUT2D eigenvalue weighted by Gasteiger charge is 2.22. The molecule has 2 N–H and O–H groups in total. The van der Waals surface area contributed by atoms with Crippen LogP contribution in [0.25, 0.3) is 28.3 Å². The van der Waals surface area contributed by atoms with E-state index in [2.05, 4.69) is 44.6 Å². The van der Waals surface area contributed by atoms with Crippen molar-refractivity contribution in [2.75, 3.05) is 0 Å². The average Bonchev–Trinajstić information content (AvgIpc) is 3.54. The maximum absolute atomic E-state index is 4.97. The van der Waals surface area contributed by atoms with Gasteiger partial charge in [-0.25, -0.2) is 14.5 Å². The second kappa shape index (κ2) is 7.69. The molecule has 0 saturated carbocycles. The number of nitrogens with one attached hydrogen (secondary N) is 2. The van der Waals surface area contributed by atoms with Crippen LogP contribution in [0.1, 0.15) is 25.5 Å². The molecule has 0 atom stereocenters. The molecular weight excluding hydrogens is 398 g/mol. The SMILES string of the molecule is Cc1cccc(-c2[nH]c(CNC3Cc4ccccc4C3)nc2-c2ccc3ncnn3c2)n1.[HH].[HH]. The van der Waals surface area contributed by atoms with E-state index in [1.807, 2.05) is 43.5 Å². The average molecular weight is 426 g/mol. The van der Waals surface area contributed by atoms with Crippen LogP contribution in [-0.2, 0) is 19.4 Å². The number of fused-ring (bicyclic) bond motifs is 2. The molecule has 0 unspecified atom stereocenters. The Bertz CT molecular complexity index is 1400. The monoisotopic (exact) mass is 425 g/mol. The van der Waals surface area contributed by atoms with E-state index in [0.29, 0.717) is 12.6 Å². The summed E-state index contributed by atoms with van der Waals surface area (Å²) in [5, 5.41) is 7.96. The third-order valence-electron chi connectivity index (χ3n) is 6.05. The Hall–Kier alpha value is -3.84. The Morgan fingerprint density at radius 1 is 1.03 bits per heavy atom. The lowest BCUT2D eigenvalue weighted by atomic mass is 10.1. The molecule has 5 aromatic rings. The summed E-state index contributed by atoms with van der Waals surface area (Å²) in [6, 6.07) is 19.1. The van der Waals surface area contributed by atoms with Gasteiger partial charge in [-0.15, -0.1) is 0 Å². The molecule has 32 heavy (non-hydrogen) atoms. The zero-order valence-corrected chi connectivity index (χ0v) is 17.8. The molecule has 0 bridgehead atoms. The number of nitrogens with zero attached hydrogens (tertiary/aromatic N) is 5. The van der Waals surface area contributed by atoms with E-state index in [1.165, 1.54) is 11.1 Å². The van der Waals surface area contributed by atoms with Gasteiger partial charge < -0.3 is 10.3 Å². The lowest BCUT2D eigenvalue weighted by Crippen LogP contribution is -2.29. The number of aromatic nitrogens is 6. The number of pyridine rings is 2. The Labute approximate surface area is 188 Å². The molecule has 0 saturated heterocycles. The van der Waals surface area contributed by atoms with E-state index < -0.39 is 0 Å². The Kier molecular flexibility index (Phi) is 4.54. The molecule has 1 aliphatic rings. The minimum absolute atomic E-state index is 0.